The summed E-state index contributed by atoms with van der Waals surface area (Å²) in [6.07, 6.45) is 2.06. The number of benzene rings is 1. The van der Waals surface area contributed by atoms with Gasteiger partial charge in [0.1, 0.15) is 5.75 Å². The van der Waals surface area contributed by atoms with Crippen molar-refractivity contribution in [3.8, 4) is 5.75 Å². The molecule has 4 heteroatoms. The summed E-state index contributed by atoms with van der Waals surface area (Å²) in [7, 11) is 1.78. The number of amides is 1. The van der Waals surface area contributed by atoms with Crippen molar-refractivity contribution in [1.29, 1.82) is 0 Å². The van der Waals surface area contributed by atoms with Gasteiger partial charge in [-0.1, -0.05) is 13.3 Å². The average Bonchev–Trinajstić information content (AvgIpc) is 2.42. The smallest absolute Gasteiger partial charge is 0.260 e. The van der Waals surface area contributed by atoms with Gasteiger partial charge in [0.25, 0.3) is 5.91 Å². The first kappa shape index (κ1) is 15.2. The summed E-state index contributed by atoms with van der Waals surface area (Å²) in [5.74, 6) is 0.577. The summed E-state index contributed by atoms with van der Waals surface area (Å²) < 4.78 is 5.40. The molecule has 0 radical (unpaired) electrons. The molecule has 0 unspecified atom stereocenters. The Morgan fingerprint density at radius 2 is 1.84 bits per heavy atom. The van der Waals surface area contributed by atoms with Crippen LogP contribution in [-0.2, 0) is 4.79 Å². The fourth-order valence-corrected chi connectivity index (χ4v) is 1.56. The van der Waals surface area contributed by atoms with E-state index in [1.54, 1.807) is 36.2 Å². The number of hydrogen-bond acceptors (Lipinski definition) is 3. The molecule has 0 bridgehead atoms. The zero-order valence-corrected chi connectivity index (χ0v) is 11.8. The van der Waals surface area contributed by atoms with Crippen LogP contribution >= 0.6 is 0 Å². The number of Topliss-reactive ketones (excluding diaryl/α,β-unsaturated/α-hetero) is 1. The number of unbranched alkanes of at least 4 members (excludes halogenated alkanes) is 1. The Labute approximate surface area is 114 Å². The molecule has 1 aromatic rings. The van der Waals surface area contributed by atoms with Gasteiger partial charge in [0, 0.05) is 19.2 Å². The molecule has 0 spiro atoms. The predicted molar refractivity (Wildman–Crippen MR) is 74.5 cm³/mol. The molecule has 0 saturated heterocycles. The number of rotatable bonds is 7. The van der Waals surface area contributed by atoms with Gasteiger partial charge in [-0.15, -0.1) is 0 Å². The zero-order chi connectivity index (χ0) is 14.3. The summed E-state index contributed by atoms with van der Waals surface area (Å²) in [5, 5.41) is 0. The van der Waals surface area contributed by atoms with Gasteiger partial charge in [-0.3, -0.25) is 9.59 Å². The fourth-order valence-electron chi connectivity index (χ4n) is 1.56. The first-order valence-electron chi connectivity index (χ1n) is 6.52. The predicted octanol–water partition coefficient (Wildman–Crippen LogP) is 2.53. The maximum absolute atomic E-state index is 11.7. The number of hydrogen-bond donors (Lipinski definition) is 0. The van der Waals surface area contributed by atoms with Crippen molar-refractivity contribution >= 4 is 11.7 Å². The van der Waals surface area contributed by atoms with Gasteiger partial charge in [-0.05, 0) is 37.6 Å². The molecule has 0 saturated carbocycles. The highest BCUT2D eigenvalue weighted by Crippen LogP contribution is 2.12. The normalized spacial score (nSPS) is 10.1. The molecule has 104 valence electrons. The molecule has 0 aliphatic carbocycles. The Bertz CT molecular complexity index is 426. The first-order chi connectivity index (χ1) is 9.04. The van der Waals surface area contributed by atoms with Crippen LogP contribution in [0.25, 0.3) is 0 Å². The quantitative estimate of drug-likeness (QED) is 0.710. The number of carbonyl (C=O) groups is 2. The SMILES string of the molecule is CCCCN(C)C(=O)COc1ccc(C(C)=O)cc1. The minimum atomic E-state index is -0.0379. The van der Waals surface area contributed by atoms with Crippen molar-refractivity contribution in [2.75, 3.05) is 20.2 Å². The lowest BCUT2D eigenvalue weighted by molar-refractivity contribution is -0.132. The van der Waals surface area contributed by atoms with E-state index >= 15 is 0 Å². The van der Waals surface area contributed by atoms with E-state index in [0.717, 1.165) is 19.4 Å². The molecule has 4 nitrogen and oxygen atoms in total. The molecule has 0 N–H and O–H groups in total. The molecular weight excluding hydrogens is 242 g/mol. The van der Waals surface area contributed by atoms with E-state index in [1.807, 2.05) is 0 Å². The summed E-state index contributed by atoms with van der Waals surface area (Å²) in [5.41, 5.74) is 0.638. The Morgan fingerprint density at radius 1 is 1.21 bits per heavy atom. The van der Waals surface area contributed by atoms with Gasteiger partial charge in [0.05, 0.1) is 0 Å². The van der Waals surface area contributed by atoms with Crippen LogP contribution in [0.4, 0.5) is 0 Å². The van der Waals surface area contributed by atoms with Crippen LogP contribution in [0.5, 0.6) is 5.75 Å². The largest absolute Gasteiger partial charge is 0.484 e. The van der Waals surface area contributed by atoms with Crippen LogP contribution in [0, 0.1) is 0 Å². The van der Waals surface area contributed by atoms with Gasteiger partial charge in [-0.25, -0.2) is 0 Å². The van der Waals surface area contributed by atoms with E-state index in [-0.39, 0.29) is 18.3 Å². The van der Waals surface area contributed by atoms with E-state index in [0.29, 0.717) is 11.3 Å². The topological polar surface area (TPSA) is 46.6 Å². The van der Waals surface area contributed by atoms with Crippen molar-refractivity contribution < 1.29 is 14.3 Å². The lowest BCUT2D eigenvalue weighted by atomic mass is 10.1. The third kappa shape index (κ3) is 5.12. The molecule has 19 heavy (non-hydrogen) atoms. The monoisotopic (exact) mass is 263 g/mol. The van der Waals surface area contributed by atoms with E-state index in [9.17, 15) is 9.59 Å². The number of nitrogens with zero attached hydrogens (tertiary/aromatic N) is 1. The molecule has 0 aliphatic rings. The summed E-state index contributed by atoms with van der Waals surface area (Å²) in [6.45, 7) is 4.38. The van der Waals surface area contributed by atoms with E-state index in [2.05, 4.69) is 6.92 Å². The summed E-state index contributed by atoms with van der Waals surface area (Å²) in [6, 6.07) is 6.80. The highest BCUT2D eigenvalue weighted by atomic mass is 16.5. The molecule has 0 fully saturated rings. The van der Waals surface area contributed by atoms with Crippen LogP contribution in [0.2, 0.25) is 0 Å². The van der Waals surface area contributed by atoms with Gasteiger partial charge < -0.3 is 9.64 Å². The van der Waals surface area contributed by atoms with Crippen molar-refractivity contribution in [2.24, 2.45) is 0 Å². The highest BCUT2D eigenvalue weighted by molar-refractivity contribution is 5.94. The van der Waals surface area contributed by atoms with Crippen LogP contribution in [0.3, 0.4) is 0 Å². The first-order valence-corrected chi connectivity index (χ1v) is 6.52. The van der Waals surface area contributed by atoms with Crippen molar-refractivity contribution in [3.63, 3.8) is 0 Å². The fraction of sp³-hybridized carbons (Fsp3) is 0.467. The average molecular weight is 263 g/mol. The lowest BCUT2D eigenvalue weighted by Crippen LogP contribution is -2.32. The van der Waals surface area contributed by atoms with Gasteiger partial charge in [-0.2, -0.15) is 0 Å². The minimum Gasteiger partial charge on any atom is -0.484 e. The Hall–Kier alpha value is -1.84. The molecular formula is C15H21NO3. The van der Waals surface area contributed by atoms with Crippen molar-refractivity contribution in [3.05, 3.63) is 29.8 Å². The number of likely N-dealkylation sites (N-methyl/N-ethyl adjacent to an activating group) is 1. The molecule has 0 atom stereocenters. The lowest BCUT2D eigenvalue weighted by Gasteiger charge is -2.16. The van der Waals surface area contributed by atoms with Crippen LogP contribution in [0.15, 0.2) is 24.3 Å². The van der Waals surface area contributed by atoms with Gasteiger partial charge in [0.15, 0.2) is 12.4 Å². The second-order valence-corrected chi connectivity index (χ2v) is 4.54. The van der Waals surface area contributed by atoms with E-state index in [1.165, 1.54) is 6.92 Å². The zero-order valence-electron chi connectivity index (χ0n) is 11.8. The molecule has 0 heterocycles. The molecule has 1 aromatic carbocycles. The minimum absolute atomic E-state index is 0.0157. The number of ether oxygens (including phenoxy) is 1. The molecule has 0 aliphatic heterocycles. The second kappa shape index (κ2) is 7.56. The highest BCUT2D eigenvalue weighted by Gasteiger charge is 2.09. The van der Waals surface area contributed by atoms with Gasteiger partial charge >= 0.3 is 0 Å². The molecule has 0 aromatic heterocycles. The Balaban J connectivity index is 2.43. The third-order valence-electron chi connectivity index (χ3n) is 2.90. The van der Waals surface area contributed by atoms with Gasteiger partial charge in [0.2, 0.25) is 0 Å². The van der Waals surface area contributed by atoms with Crippen LogP contribution in [0.1, 0.15) is 37.0 Å². The standard InChI is InChI=1S/C15H21NO3/c1-4-5-10-16(3)15(18)11-19-14-8-6-13(7-9-14)12(2)17/h6-9H,4-5,10-11H2,1-3H3. The maximum atomic E-state index is 11.7. The summed E-state index contributed by atoms with van der Waals surface area (Å²) in [4.78, 5) is 24.5. The molecule has 1 rings (SSSR count). The van der Waals surface area contributed by atoms with Crippen molar-refractivity contribution in [2.45, 2.75) is 26.7 Å². The van der Waals surface area contributed by atoms with E-state index < -0.39 is 0 Å². The Kier molecular flexibility index (Phi) is 6.06. The van der Waals surface area contributed by atoms with E-state index in [4.69, 9.17) is 4.74 Å². The van der Waals surface area contributed by atoms with Crippen molar-refractivity contribution in [1.82, 2.24) is 4.90 Å². The number of carbonyl (C=O) groups excluding carboxylic acids is 2. The van der Waals surface area contributed by atoms with Crippen LogP contribution < -0.4 is 4.74 Å². The Morgan fingerprint density at radius 3 is 2.37 bits per heavy atom. The number of ketones is 1. The van der Waals surface area contributed by atoms with Crippen LogP contribution in [-0.4, -0.2) is 36.8 Å². The molecule has 1 amide bonds. The second-order valence-electron chi connectivity index (χ2n) is 4.54. The third-order valence-corrected chi connectivity index (χ3v) is 2.90. The maximum Gasteiger partial charge on any atom is 0.260 e. The summed E-state index contributed by atoms with van der Waals surface area (Å²) >= 11 is 0.